The van der Waals surface area contributed by atoms with Gasteiger partial charge in [-0.2, -0.15) is 0 Å². The van der Waals surface area contributed by atoms with E-state index < -0.39 is 0 Å². The summed E-state index contributed by atoms with van der Waals surface area (Å²) in [4.78, 5) is 18.5. The lowest BCUT2D eigenvalue weighted by atomic mass is 10.1. The normalized spacial score (nSPS) is 19.9. The van der Waals surface area contributed by atoms with Gasteiger partial charge in [0.25, 0.3) is 0 Å². The number of nitrogens with zero attached hydrogens (tertiary/aromatic N) is 3. The topological polar surface area (TPSA) is 36.0 Å². The first-order chi connectivity index (χ1) is 11.2. The Balaban J connectivity index is 1.43. The van der Waals surface area contributed by atoms with E-state index in [-0.39, 0.29) is 11.8 Å². The summed E-state index contributed by atoms with van der Waals surface area (Å²) in [6, 6.07) is 7.07. The second-order valence-corrected chi connectivity index (χ2v) is 6.05. The van der Waals surface area contributed by atoms with Gasteiger partial charge in [0.2, 0.25) is 0 Å². The van der Waals surface area contributed by atoms with Gasteiger partial charge >= 0.3 is 6.03 Å². The number of amides is 2. The lowest BCUT2D eigenvalue weighted by molar-refractivity contribution is 0.0377. The fourth-order valence-electron chi connectivity index (χ4n) is 3.10. The van der Waals surface area contributed by atoms with Crippen molar-refractivity contribution in [3.05, 3.63) is 35.6 Å². The van der Waals surface area contributed by atoms with Crippen molar-refractivity contribution >= 4 is 6.03 Å². The van der Waals surface area contributed by atoms with Gasteiger partial charge in [0, 0.05) is 45.8 Å². The molecule has 3 rings (SSSR count). The SMILES string of the molecule is O=C(N1CCOCC1)N1CCN(CCc2ccccc2F)CC1. The van der Waals surface area contributed by atoms with Crippen molar-refractivity contribution in [3.8, 4) is 0 Å². The molecule has 0 aliphatic carbocycles. The minimum atomic E-state index is -0.131. The molecule has 2 aliphatic heterocycles. The summed E-state index contributed by atoms with van der Waals surface area (Å²) in [6.07, 6.45) is 0.712. The minimum absolute atomic E-state index is 0.127. The summed E-state index contributed by atoms with van der Waals surface area (Å²) < 4.78 is 18.9. The van der Waals surface area contributed by atoms with Gasteiger partial charge in [0.1, 0.15) is 5.82 Å². The fraction of sp³-hybridized carbons (Fsp3) is 0.588. The molecular weight excluding hydrogens is 297 g/mol. The van der Waals surface area contributed by atoms with E-state index in [2.05, 4.69) is 4.90 Å². The maximum atomic E-state index is 13.6. The number of rotatable bonds is 3. The van der Waals surface area contributed by atoms with E-state index in [1.54, 1.807) is 6.07 Å². The molecule has 23 heavy (non-hydrogen) atoms. The third kappa shape index (κ3) is 4.20. The van der Waals surface area contributed by atoms with Crippen LogP contribution in [0.2, 0.25) is 0 Å². The third-order valence-electron chi connectivity index (χ3n) is 4.58. The third-order valence-corrected chi connectivity index (χ3v) is 4.58. The van der Waals surface area contributed by atoms with E-state index in [0.717, 1.165) is 38.3 Å². The quantitative estimate of drug-likeness (QED) is 0.845. The van der Waals surface area contributed by atoms with E-state index in [4.69, 9.17) is 4.74 Å². The average Bonchev–Trinajstić information content (AvgIpc) is 2.62. The van der Waals surface area contributed by atoms with Crippen LogP contribution in [0.15, 0.2) is 24.3 Å². The molecule has 2 amide bonds. The summed E-state index contributed by atoms with van der Waals surface area (Å²) in [5.74, 6) is -0.131. The highest BCUT2D eigenvalue weighted by molar-refractivity contribution is 5.74. The number of benzene rings is 1. The van der Waals surface area contributed by atoms with Gasteiger partial charge in [-0.25, -0.2) is 9.18 Å². The molecule has 0 bridgehead atoms. The molecule has 0 N–H and O–H groups in total. The maximum Gasteiger partial charge on any atom is 0.320 e. The van der Waals surface area contributed by atoms with E-state index >= 15 is 0 Å². The van der Waals surface area contributed by atoms with E-state index in [1.807, 2.05) is 21.9 Å². The van der Waals surface area contributed by atoms with Gasteiger partial charge in [-0.3, -0.25) is 4.90 Å². The molecule has 0 aromatic heterocycles. The minimum Gasteiger partial charge on any atom is -0.378 e. The van der Waals surface area contributed by atoms with Crippen LogP contribution in [0.4, 0.5) is 9.18 Å². The van der Waals surface area contributed by atoms with Crippen LogP contribution in [0, 0.1) is 5.82 Å². The molecule has 5 nitrogen and oxygen atoms in total. The summed E-state index contributed by atoms with van der Waals surface area (Å²) >= 11 is 0. The van der Waals surface area contributed by atoms with Crippen molar-refractivity contribution in [2.45, 2.75) is 6.42 Å². The Morgan fingerprint density at radius 1 is 1.00 bits per heavy atom. The van der Waals surface area contributed by atoms with Gasteiger partial charge in [0.15, 0.2) is 0 Å². The predicted molar refractivity (Wildman–Crippen MR) is 85.9 cm³/mol. The number of hydrogen-bond donors (Lipinski definition) is 0. The Morgan fingerprint density at radius 2 is 1.65 bits per heavy atom. The molecular formula is C17H24FN3O2. The molecule has 0 radical (unpaired) electrons. The summed E-state index contributed by atoms with van der Waals surface area (Å²) in [6.45, 7) is 6.66. The number of piperazine rings is 1. The van der Waals surface area contributed by atoms with Crippen LogP contribution < -0.4 is 0 Å². The molecule has 2 saturated heterocycles. The molecule has 0 spiro atoms. The number of halogens is 1. The van der Waals surface area contributed by atoms with Gasteiger partial charge in [0.05, 0.1) is 13.2 Å². The van der Waals surface area contributed by atoms with Crippen LogP contribution >= 0.6 is 0 Å². The second kappa shape index (κ2) is 7.75. The molecule has 1 aromatic rings. The Kier molecular flexibility index (Phi) is 5.46. The zero-order chi connectivity index (χ0) is 16.1. The number of ether oxygens (including phenoxy) is 1. The van der Waals surface area contributed by atoms with Gasteiger partial charge < -0.3 is 14.5 Å². The molecule has 2 heterocycles. The molecule has 0 saturated carbocycles. The molecule has 6 heteroatoms. The highest BCUT2D eigenvalue weighted by Crippen LogP contribution is 2.11. The van der Waals surface area contributed by atoms with Crippen LogP contribution in [0.1, 0.15) is 5.56 Å². The Morgan fingerprint density at radius 3 is 2.35 bits per heavy atom. The van der Waals surface area contributed by atoms with Crippen LogP contribution in [0.3, 0.4) is 0 Å². The lowest BCUT2D eigenvalue weighted by Gasteiger charge is -2.38. The average molecular weight is 321 g/mol. The zero-order valence-electron chi connectivity index (χ0n) is 13.4. The van der Waals surface area contributed by atoms with E-state index in [0.29, 0.717) is 32.7 Å². The Bertz CT molecular complexity index is 526. The van der Waals surface area contributed by atoms with Crippen LogP contribution in [-0.4, -0.2) is 79.8 Å². The van der Waals surface area contributed by atoms with E-state index in [9.17, 15) is 9.18 Å². The molecule has 126 valence electrons. The fourth-order valence-corrected chi connectivity index (χ4v) is 3.10. The predicted octanol–water partition coefficient (Wildman–Crippen LogP) is 1.44. The molecule has 0 unspecified atom stereocenters. The first-order valence-corrected chi connectivity index (χ1v) is 8.31. The van der Waals surface area contributed by atoms with Crippen molar-refractivity contribution in [3.63, 3.8) is 0 Å². The van der Waals surface area contributed by atoms with Gasteiger partial charge in [-0.15, -0.1) is 0 Å². The summed E-state index contributed by atoms with van der Waals surface area (Å²) in [5, 5.41) is 0. The second-order valence-electron chi connectivity index (χ2n) is 6.05. The molecule has 2 fully saturated rings. The molecule has 1 aromatic carbocycles. The Labute approximate surface area is 136 Å². The van der Waals surface area contributed by atoms with Crippen molar-refractivity contribution in [2.75, 3.05) is 59.0 Å². The largest absolute Gasteiger partial charge is 0.378 e. The number of carbonyl (C=O) groups is 1. The van der Waals surface area contributed by atoms with Crippen LogP contribution in [0.25, 0.3) is 0 Å². The number of urea groups is 1. The first kappa shape index (κ1) is 16.2. The van der Waals surface area contributed by atoms with Crippen molar-refractivity contribution in [2.24, 2.45) is 0 Å². The zero-order valence-corrected chi connectivity index (χ0v) is 13.4. The lowest BCUT2D eigenvalue weighted by Crippen LogP contribution is -2.54. The van der Waals surface area contributed by atoms with Crippen molar-refractivity contribution in [1.82, 2.24) is 14.7 Å². The number of carbonyl (C=O) groups excluding carboxylic acids is 1. The smallest absolute Gasteiger partial charge is 0.320 e. The maximum absolute atomic E-state index is 13.6. The molecule has 2 aliphatic rings. The van der Waals surface area contributed by atoms with Crippen LogP contribution in [0.5, 0.6) is 0 Å². The van der Waals surface area contributed by atoms with E-state index in [1.165, 1.54) is 6.07 Å². The first-order valence-electron chi connectivity index (χ1n) is 8.31. The summed E-state index contributed by atoms with van der Waals surface area (Å²) in [5.41, 5.74) is 0.763. The van der Waals surface area contributed by atoms with Gasteiger partial charge in [-0.1, -0.05) is 18.2 Å². The summed E-state index contributed by atoms with van der Waals surface area (Å²) in [7, 11) is 0. The Hall–Kier alpha value is -1.66. The highest BCUT2D eigenvalue weighted by atomic mass is 19.1. The van der Waals surface area contributed by atoms with Gasteiger partial charge in [-0.05, 0) is 18.1 Å². The monoisotopic (exact) mass is 321 g/mol. The number of morpholine rings is 1. The standard InChI is InChI=1S/C17H24FN3O2/c18-16-4-2-1-3-15(16)5-6-19-7-9-20(10-8-19)17(22)21-11-13-23-14-12-21/h1-4H,5-14H2. The van der Waals surface area contributed by atoms with Crippen molar-refractivity contribution < 1.29 is 13.9 Å². The van der Waals surface area contributed by atoms with Crippen molar-refractivity contribution in [1.29, 1.82) is 0 Å². The molecule has 0 atom stereocenters. The van der Waals surface area contributed by atoms with Crippen LogP contribution in [-0.2, 0) is 11.2 Å². The highest BCUT2D eigenvalue weighted by Gasteiger charge is 2.26. The number of hydrogen-bond acceptors (Lipinski definition) is 3.